The lowest BCUT2D eigenvalue weighted by atomic mass is 9.86. The van der Waals surface area contributed by atoms with Gasteiger partial charge in [0.2, 0.25) is 0 Å². The molecular weight excluding hydrogens is 406 g/mol. The second-order valence-corrected chi connectivity index (χ2v) is 7.90. The van der Waals surface area contributed by atoms with Gasteiger partial charge in [-0.05, 0) is 56.1 Å². The Morgan fingerprint density at radius 1 is 1.10 bits per heavy atom. The Balaban J connectivity index is 1.59. The van der Waals surface area contributed by atoms with E-state index in [9.17, 15) is 18.4 Å². The zero-order chi connectivity index (χ0) is 22.0. The van der Waals surface area contributed by atoms with Gasteiger partial charge in [-0.15, -0.1) is 0 Å². The Morgan fingerprint density at radius 3 is 2.45 bits per heavy atom. The van der Waals surface area contributed by atoms with Crippen LogP contribution < -0.4 is 4.90 Å². The van der Waals surface area contributed by atoms with Gasteiger partial charge in [0.05, 0.1) is 24.9 Å². The molecule has 0 radical (unpaired) electrons. The number of rotatable bonds is 5. The molecule has 164 valence electrons. The van der Waals surface area contributed by atoms with E-state index in [4.69, 9.17) is 4.74 Å². The van der Waals surface area contributed by atoms with Gasteiger partial charge >= 0.3 is 12.1 Å². The lowest BCUT2D eigenvalue weighted by Gasteiger charge is -2.44. The van der Waals surface area contributed by atoms with Gasteiger partial charge in [0.1, 0.15) is 17.7 Å². The van der Waals surface area contributed by atoms with Crippen molar-refractivity contribution in [2.24, 2.45) is 5.92 Å². The van der Waals surface area contributed by atoms with E-state index in [0.29, 0.717) is 6.54 Å². The van der Waals surface area contributed by atoms with E-state index >= 15 is 0 Å². The van der Waals surface area contributed by atoms with Crippen molar-refractivity contribution in [3.63, 3.8) is 0 Å². The van der Waals surface area contributed by atoms with Crippen LogP contribution in [-0.4, -0.2) is 49.8 Å². The van der Waals surface area contributed by atoms with Crippen LogP contribution in [0.1, 0.15) is 28.8 Å². The monoisotopic (exact) mass is 430 g/mol. The molecule has 2 bridgehead atoms. The highest BCUT2D eigenvalue weighted by Crippen LogP contribution is 2.31. The average molecular weight is 430 g/mol. The summed E-state index contributed by atoms with van der Waals surface area (Å²) in [6.45, 7) is 2.40. The van der Waals surface area contributed by atoms with Crippen LogP contribution in [0.4, 0.5) is 19.3 Å². The Labute approximate surface area is 179 Å². The molecule has 31 heavy (non-hydrogen) atoms. The maximum Gasteiger partial charge on any atom is 0.415 e. The summed E-state index contributed by atoms with van der Waals surface area (Å²) in [7, 11) is 1.21. The number of anilines is 1. The number of benzene rings is 2. The number of hydrogen-bond donors (Lipinski definition) is 0. The van der Waals surface area contributed by atoms with Crippen LogP contribution in [0.5, 0.6) is 0 Å². The summed E-state index contributed by atoms with van der Waals surface area (Å²) in [4.78, 5) is 28.1. The summed E-state index contributed by atoms with van der Waals surface area (Å²) >= 11 is 0. The first-order chi connectivity index (χ1) is 15.0. The second kappa shape index (κ2) is 9.01. The summed E-state index contributed by atoms with van der Waals surface area (Å²) in [5.74, 6) is -1.69. The largest absolute Gasteiger partial charge is 0.465 e. The summed E-state index contributed by atoms with van der Waals surface area (Å²) in [6.07, 6.45) is 0.929. The van der Waals surface area contributed by atoms with Crippen LogP contribution in [0.2, 0.25) is 0 Å². The molecule has 0 unspecified atom stereocenters. The summed E-state index contributed by atoms with van der Waals surface area (Å²) in [6, 6.07) is 9.64. The molecule has 5 rings (SSSR count). The fourth-order valence-corrected chi connectivity index (χ4v) is 4.25. The first-order valence-electron chi connectivity index (χ1n) is 10.3. The summed E-state index contributed by atoms with van der Waals surface area (Å²) in [5.41, 5.74) is 0.183. The Morgan fingerprint density at radius 2 is 1.84 bits per heavy atom. The number of hydrogen-bond acceptors (Lipinski definition) is 5. The number of amides is 1. The number of carbonyl (C=O) groups excluding carboxylic acids is 2. The van der Waals surface area contributed by atoms with Gasteiger partial charge in [0.15, 0.2) is 0 Å². The number of esters is 1. The maximum atomic E-state index is 14.7. The maximum absolute atomic E-state index is 14.7. The molecule has 3 saturated heterocycles. The van der Waals surface area contributed by atoms with Crippen LogP contribution in [0.25, 0.3) is 0 Å². The third kappa shape index (κ3) is 4.54. The van der Waals surface area contributed by atoms with Gasteiger partial charge in [-0.1, -0.05) is 18.2 Å². The van der Waals surface area contributed by atoms with Crippen molar-refractivity contribution in [2.75, 3.05) is 31.6 Å². The molecular formula is C23H24F2N2O4. The highest BCUT2D eigenvalue weighted by molar-refractivity contribution is 5.90. The molecule has 8 heteroatoms. The van der Waals surface area contributed by atoms with Crippen LogP contribution in [0.15, 0.2) is 42.5 Å². The number of piperidine rings is 3. The molecule has 0 aliphatic carbocycles. The van der Waals surface area contributed by atoms with Gasteiger partial charge in [0, 0.05) is 12.1 Å². The smallest absolute Gasteiger partial charge is 0.415 e. The van der Waals surface area contributed by atoms with Crippen LogP contribution in [0, 0.1) is 17.6 Å². The van der Waals surface area contributed by atoms with E-state index in [1.165, 1.54) is 37.4 Å². The van der Waals surface area contributed by atoms with Crippen LogP contribution >= 0.6 is 0 Å². The highest BCUT2D eigenvalue weighted by Gasteiger charge is 2.37. The van der Waals surface area contributed by atoms with Crippen LogP contribution in [0.3, 0.4) is 0 Å². The predicted molar refractivity (Wildman–Crippen MR) is 110 cm³/mol. The lowest BCUT2D eigenvalue weighted by molar-refractivity contribution is -0.0311. The van der Waals surface area contributed by atoms with Crippen LogP contribution in [-0.2, 0) is 16.0 Å². The Hall–Kier alpha value is -3.00. The summed E-state index contributed by atoms with van der Waals surface area (Å²) in [5, 5.41) is 0. The number of ether oxygens (including phenoxy) is 2. The summed E-state index contributed by atoms with van der Waals surface area (Å²) < 4.78 is 39.6. The van der Waals surface area contributed by atoms with E-state index in [1.807, 2.05) is 0 Å². The first kappa shape index (κ1) is 21.2. The van der Waals surface area contributed by atoms with Crippen molar-refractivity contribution in [3.05, 3.63) is 65.2 Å². The van der Waals surface area contributed by atoms with Gasteiger partial charge in [-0.3, -0.25) is 9.80 Å². The van der Waals surface area contributed by atoms with E-state index in [1.54, 1.807) is 6.07 Å². The van der Waals surface area contributed by atoms with E-state index in [0.717, 1.165) is 36.9 Å². The SMILES string of the molecule is COC(=O)c1ccc(CN(C(=O)O[C@H]2CN3CCC2CC3)c2ccccc2F)c(F)c1. The Bertz CT molecular complexity index is 976. The van der Waals surface area contributed by atoms with Crippen molar-refractivity contribution < 1.29 is 27.8 Å². The fourth-order valence-electron chi connectivity index (χ4n) is 4.25. The molecule has 3 aliphatic heterocycles. The minimum absolute atomic E-state index is 0.00483. The fraction of sp³-hybridized carbons (Fsp3) is 0.391. The second-order valence-electron chi connectivity index (χ2n) is 7.90. The number of para-hydroxylation sites is 1. The molecule has 2 aromatic rings. The zero-order valence-electron chi connectivity index (χ0n) is 17.2. The molecule has 2 aromatic carbocycles. The third-order valence-corrected chi connectivity index (χ3v) is 6.01. The van der Waals surface area contributed by atoms with Gasteiger partial charge in [0.25, 0.3) is 0 Å². The quantitative estimate of drug-likeness (QED) is 0.672. The molecule has 3 aliphatic rings. The first-order valence-corrected chi connectivity index (χ1v) is 10.3. The molecule has 0 saturated carbocycles. The van der Waals surface area contributed by atoms with E-state index < -0.39 is 23.7 Å². The standard InChI is InChI=1S/C23H24F2N2O4/c1-30-22(28)16-6-7-17(19(25)12-16)13-27(20-5-3-2-4-18(20)24)23(29)31-21-14-26-10-8-15(21)9-11-26/h2-7,12,15,21H,8-11,13-14H2,1H3/t21-/m0/s1. The molecule has 1 atom stereocenters. The zero-order valence-corrected chi connectivity index (χ0v) is 17.2. The number of halogens is 2. The molecule has 3 fully saturated rings. The molecule has 0 N–H and O–H groups in total. The third-order valence-electron chi connectivity index (χ3n) is 6.01. The van der Waals surface area contributed by atoms with E-state index in [-0.39, 0.29) is 35.4 Å². The Kier molecular flexibility index (Phi) is 6.18. The minimum Gasteiger partial charge on any atom is -0.465 e. The average Bonchev–Trinajstić information content (AvgIpc) is 2.79. The molecule has 6 nitrogen and oxygen atoms in total. The highest BCUT2D eigenvalue weighted by atomic mass is 19.1. The minimum atomic E-state index is -0.722. The van der Waals surface area contributed by atoms with Gasteiger partial charge in [-0.25, -0.2) is 18.4 Å². The number of methoxy groups -OCH3 is 1. The molecule has 3 heterocycles. The van der Waals surface area contributed by atoms with Crippen molar-refractivity contribution in [3.8, 4) is 0 Å². The van der Waals surface area contributed by atoms with Crippen molar-refractivity contribution in [2.45, 2.75) is 25.5 Å². The number of fused-ring (bicyclic) bond motifs is 3. The number of nitrogens with zero attached hydrogens (tertiary/aromatic N) is 2. The van der Waals surface area contributed by atoms with E-state index in [2.05, 4.69) is 9.64 Å². The van der Waals surface area contributed by atoms with Crippen molar-refractivity contribution in [1.29, 1.82) is 0 Å². The molecule has 0 spiro atoms. The van der Waals surface area contributed by atoms with Crippen molar-refractivity contribution >= 4 is 17.7 Å². The van der Waals surface area contributed by atoms with Gasteiger partial charge < -0.3 is 9.47 Å². The molecule has 1 amide bonds. The lowest BCUT2D eigenvalue weighted by Crippen LogP contribution is -2.53. The van der Waals surface area contributed by atoms with Crippen molar-refractivity contribution in [1.82, 2.24) is 4.90 Å². The topological polar surface area (TPSA) is 59.1 Å². The normalized spacial score (nSPS) is 22.1. The predicted octanol–water partition coefficient (Wildman–Crippen LogP) is 3.99. The number of carbonyl (C=O) groups is 2. The van der Waals surface area contributed by atoms with Gasteiger partial charge in [-0.2, -0.15) is 0 Å². The molecule has 0 aromatic heterocycles.